The number of nitro benzene ring substituents is 1. The van der Waals surface area contributed by atoms with Crippen LogP contribution in [0.15, 0.2) is 12.1 Å². The molecule has 0 spiro atoms. The Bertz CT molecular complexity index is 550. The van der Waals surface area contributed by atoms with E-state index in [0.29, 0.717) is 11.3 Å². The summed E-state index contributed by atoms with van der Waals surface area (Å²) in [5.74, 6) is 0.349. The fraction of sp³-hybridized carbons (Fsp3) is 0.462. The molecular formula is C13H18N2O5S. The number of aliphatic hydroxyl groups is 2. The minimum absolute atomic E-state index is 0.0811. The molecule has 1 rings (SSSR count). The van der Waals surface area contributed by atoms with Crippen molar-refractivity contribution >= 4 is 28.3 Å². The third-order valence-electron chi connectivity index (χ3n) is 2.93. The monoisotopic (exact) mass is 314 g/mol. The van der Waals surface area contributed by atoms with E-state index in [9.17, 15) is 25.1 Å². The molecule has 8 heteroatoms. The number of thioether (sulfide) groups is 1. The molecule has 0 bridgehead atoms. The summed E-state index contributed by atoms with van der Waals surface area (Å²) >= 11 is 1.04. The van der Waals surface area contributed by atoms with Gasteiger partial charge in [-0.25, -0.2) is 0 Å². The Morgan fingerprint density at radius 1 is 1.48 bits per heavy atom. The number of aliphatic hydroxyl groups excluding tert-OH is 2. The molecule has 1 aromatic carbocycles. The molecule has 0 heterocycles. The second-order valence-corrected chi connectivity index (χ2v) is 5.96. The van der Waals surface area contributed by atoms with E-state index in [-0.39, 0.29) is 28.5 Å². The number of carbonyl (C=O) groups is 1. The van der Waals surface area contributed by atoms with Crippen LogP contribution in [0, 0.1) is 17.0 Å². The molecule has 0 saturated heterocycles. The lowest BCUT2D eigenvalue weighted by molar-refractivity contribution is -0.384. The van der Waals surface area contributed by atoms with Crippen LogP contribution >= 0.6 is 11.8 Å². The van der Waals surface area contributed by atoms with Crippen LogP contribution in [0.4, 0.5) is 11.4 Å². The summed E-state index contributed by atoms with van der Waals surface area (Å²) in [6.45, 7) is 3.05. The van der Waals surface area contributed by atoms with E-state index < -0.39 is 17.1 Å². The Morgan fingerprint density at radius 2 is 2.10 bits per heavy atom. The first-order chi connectivity index (χ1) is 9.73. The molecule has 0 aliphatic heterocycles. The Balaban J connectivity index is 2.93. The van der Waals surface area contributed by atoms with Crippen LogP contribution in [0.2, 0.25) is 0 Å². The molecular weight excluding hydrogens is 296 g/mol. The number of nitrogen functional groups attached to an aromatic ring is 1. The van der Waals surface area contributed by atoms with E-state index in [1.54, 1.807) is 6.92 Å². The number of anilines is 1. The summed E-state index contributed by atoms with van der Waals surface area (Å²) in [7, 11) is 0. The molecule has 0 aliphatic rings. The average molecular weight is 314 g/mol. The lowest BCUT2D eigenvalue weighted by Gasteiger charge is -2.19. The van der Waals surface area contributed by atoms with Crippen LogP contribution in [0.1, 0.15) is 30.6 Å². The van der Waals surface area contributed by atoms with E-state index in [1.165, 1.54) is 19.1 Å². The SMILES string of the molecule is CC(=O)SCCC(O)C(O)c1cc(C)cc([N+](=O)[O-])c1N. The molecule has 0 saturated carbocycles. The number of nitro groups is 1. The zero-order chi connectivity index (χ0) is 16.2. The van der Waals surface area contributed by atoms with Crippen molar-refractivity contribution in [3.8, 4) is 0 Å². The maximum atomic E-state index is 10.9. The fourth-order valence-electron chi connectivity index (χ4n) is 1.89. The minimum Gasteiger partial charge on any atom is -0.393 e. The minimum atomic E-state index is -1.34. The highest BCUT2D eigenvalue weighted by atomic mass is 32.2. The van der Waals surface area contributed by atoms with Gasteiger partial charge < -0.3 is 15.9 Å². The predicted octanol–water partition coefficient (Wildman–Crippen LogP) is 1.55. The molecule has 116 valence electrons. The van der Waals surface area contributed by atoms with Crippen molar-refractivity contribution in [2.45, 2.75) is 32.5 Å². The number of hydrogen-bond acceptors (Lipinski definition) is 7. The lowest BCUT2D eigenvalue weighted by atomic mass is 9.98. The number of rotatable bonds is 6. The smallest absolute Gasteiger partial charge is 0.292 e. The normalized spacial score (nSPS) is 13.7. The summed E-state index contributed by atoms with van der Waals surface area (Å²) in [5, 5.41) is 30.9. The third kappa shape index (κ3) is 4.69. The Hall–Kier alpha value is -1.64. The topological polar surface area (TPSA) is 127 Å². The first-order valence-electron chi connectivity index (χ1n) is 6.28. The van der Waals surface area contributed by atoms with Crippen molar-refractivity contribution in [1.29, 1.82) is 0 Å². The zero-order valence-electron chi connectivity index (χ0n) is 11.8. The van der Waals surface area contributed by atoms with E-state index in [1.807, 2.05) is 0 Å². The fourth-order valence-corrected chi connectivity index (χ4v) is 2.54. The second-order valence-electron chi connectivity index (χ2n) is 4.68. The average Bonchev–Trinajstić information content (AvgIpc) is 2.39. The van der Waals surface area contributed by atoms with Crippen LogP contribution in [-0.4, -0.2) is 32.1 Å². The summed E-state index contributed by atoms with van der Waals surface area (Å²) in [6, 6.07) is 2.82. The van der Waals surface area contributed by atoms with Gasteiger partial charge in [-0.1, -0.05) is 17.8 Å². The van der Waals surface area contributed by atoms with Gasteiger partial charge in [0.05, 0.1) is 11.0 Å². The Kier molecular flexibility index (Phi) is 6.13. The zero-order valence-corrected chi connectivity index (χ0v) is 12.6. The molecule has 4 N–H and O–H groups in total. The molecule has 0 amide bonds. The standard InChI is InChI=1S/C13H18N2O5S/c1-7-5-9(12(14)10(6-7)15(19)20)13(18)11(17)3-4-21-8(2)16/h5-6,11,13,17-18H,3-4,14H2,1-2H3. The van der Waals surface area contributed by atoms with Gasteiger partial charge in [-0.3, -0.25) is 14.9 Å². The van der Waals surface area contributed by atoms with E-state index in [2.05, 4.69) is 0 Å². The largest absolute Gasteiger partial charge is 0.393 e. The summed E-state index contributed by atoms with van der Waals surface area (Å²) < 4.78 is 0. The highest BCUT2D eigenvalue weighted by molar-refractivity contribution is 8.13. The van der Waals surface area contributed by atoms with Crippen molar-refractivity contribution < 1.29 is 19.9 Å². The Labute approximate surface area is 126 Å². The highest BCUT2D eigenvalue weighted by Crippen LogP contribution is 2.33. The van der Waals surface area contributed by atoms with Crippen molar-refractivity contribution in [3.63, 3.8) is 0 Å². The van der Waals surface area contributed by atoms with Gasteiger partial charge in [-0.15, -0.1) is 0 Å². The number of nitrogens with two attached hydrogens (primary N) is 1. The molecule has 0 aliphatic carbocycles. The van der Waals surface area contributed by atoms with Gasteiger partial charge in [-0.2, -0.15) is 0 Å². The van der Waals surface area contributed by atoms with Crippen molar-refractivity contribution in [2.75, 3.05) is 11.5 Å². The molecule has 21 heavy (non-hydrogen) atoms. The maximum absolute atomic E-state index is 10.9. The number of hydrogen-bond donors (Lipinski definition) is 3. The number of nitrogens with zero attached hydrogens (tertiary/aromatic N) is 1. The van der Waals surface area contributed by atoms with Gasteiger partial charge in [0.25, 0.3) is 5.69 Å². The third-order valence-corrected chi connectivity index (χ3v) is 3.78. The molecule has 7 nitrogen and oxygen atoms in total. The van der Waals surface area contributed by atoms with Gasteiger partial charge >= 0.3 is 0 Å². The van der Waals surface area contributed by atoms with Gasteiger partial charge in [0.2, 0.25) is 0 Å². The number of aryl methyl sites for hydroxylation is 1. The molecule has 2 unspecified atom stereocenters. The molecule has 0 radical (unpaired) electrons. The first-order valence-corrected chi connectivity index (χ1v) is 7.26. The number of carbonyl (C=O) groups excluding carboxylic acids is 1. The molecule has 1 aromatic rings. The molecule has 2 atom stereocenters. The first kappa shape index (κ1) is 17.4. The summed E-state index contributed by atoms with van der Waals surface area (Å²) in [6.07, 6.45) is -2.32. The highest BCUT2D eigenvalue weighted by Gasteiger charge is 2.25. The van der Waals surface area contributed by atoms with Gasteiger partial charge in [0, 0.05) is 24.3 Å². The van der Waals surface area contributed by atoms with Crippen molar-refractivity contribution in [1.82, 2.24) is 0 Å². The number of benzene rings is 1. The van der Waals surface area contributed by atoms with Crippen LogP contribution in [0.3, 0.4) is 0 Å². The van der Waals surface area contributed by atoms with E-state index in [4.69, 9.17) is 5.73 Å². The quantitative estimate of drug-likeness (QED) is 0.413. The Morgan fingerprint density at radius 3 is 2.62 bits per heavy atom. The summed E-state index contributed by atoms with van der Waals surface area (Å²) in [5.41, 5.74) is 5.94. The van der Waals surface area contributed by atoms with Crippen LogP contribution in [0.5, 0.6) is 0 Å². The predicted molar refractivity (Wildman–Crippen MR) is 81.0 cm³/mol. The summed E-state index contributed by atoms with van der Waals surface area (Å²) in [4.78, 5) is 21.1. The second kappa shape index (κ2) is 7.39. The van der Waals surface area contributed by atoms with Crippen LogP contribution < -0.4 is 5.73 Å². The van der Waals surface area contributed by atoms with Gasteiger partial charge in [0.1, 0.15) is 11.8 Å². The van der Waals surface area contributed by atoms with Crippen LogP contribution in [0.25, 0.3) is 0 Å². The van der Waals surface area contributed by atoms with E-state index in [0.717, 1.165) is 11.8 Å². The maximum Gasteiger partial charge on any atom is 0.292 e. The van der Waals surface area contributed by atoms with Crippen molar-refractivity contribution in [2.24, 2.45) is 0 Å². The lowest BCUT2D eigenvalue weighted by Crippen LogP contribution is -2.21. The molecule has 0 fully saturated rings. The van der Waals surface area contributed by atoms with Crippen molar-refractivity contribution in [3.05, 3.63) is 33.4 Å². The van der Waals surface area contributed by atoms with Gasteiger partial charge in [0.15, 0.2) is 5.12 Å². The van der Waals surface area contributed by atoms with Gasteiger partial charge in [-0.05, 0) is 18.9 Å². The van der Waals surface area contributed by atoms with E-state index >= 15 is 0 Å². The van der Waals surface area contributed by atoms with Crippen LogP contribution in [-0.2, 0) is 4.79 Å². The molecule has 0 aromatic heterocycles.